The number of carbonyl (C=O) groups excluding carboxylic acids is 1. The zero-order valence-corrected chi connectivity index (χ0v) is 82.5. The van der Waals surface area contributed by atoms with Crippen molar-refractivity contribution in [3.63, 3.8) is 0 Å². The van der Waals surface area contributed by atoms with E-state index in [1.807, 2.05) is 66.1 Å². The third kappa shape index (κ3) is 19.8. The first-order valence-electron chi connectivity index (χ1n) is 45.6. The molecule has 22 rings (SSSR count). The number of nitrogens with zero attached hydrogens (tertiary/aromatic N) is 14. The molecule has 0 bridgehead atoms. The summed E-state index contributed by atoms with van der Waals surface area (Å²) < 4.78 is 9.14. The predicted octanol–water partition coefficient (Wildman–Crippen LogP) is 28.5. The standard InChI is InChI=1S/C40H26N4.C24H16N2.2C21H21N4.C11H20O2.2Ir/c1-5-19-37-31(15-1)32-16-2-6-20-38(32)43(37)29-13-9-11-27(23-29)35-25-36(42-26-41-35)28-12-10-14-30(24-28)44-39-21-7-3-17-33(39)34-18-4-8-22-40(34)44;1-3-7-17(8-4-1)19-13-15-25-23-21(19)11-12-22-20(14-16-26-24(22)23)18-9-5-2-6-10-18;2*1-4-25-20-8-6-5-7-17(20)18-10-15(12-22-21(18)25)19-11-16(9-14(2)3)23-13-24-19;1-10(2,3)8(12)7-9(13)11(4,5)6;;/h1-26H;1-16H;2*5-8,10-11,13-14H,4,9H2,1-3H3;7,12H,1-6H3;;/q;;2*-1;;;. The zero-order chi connectivity index (χ0) is 92.0. The van der Waals surface area contributed by atoms with Gasteiger partial charge < -0.3 is 33.3 Å². The first-order chi connectivity index (χ1) is 64.6. The molecule has 2 radical (unpaired) electrons. The Labute approximate surface area is 813 Å². The first-order valence-corrected chi connectivity index (χ1v) is 45.6. The minimum atomic E-state index is -0.417. The molecule has 0 fully saturated rings. The molecule has 0 unspecified atom stereocenters. The summed E-state index contributed by atoms with van der Waals surface area (Å²) in [7, 11) is 0. The number of aliphatic hydroxyl groups is 1. The third-order valence-corrected chi connectivity index (χ3v) is 24.2. The van der Waals surface area contributed by atoms with E-state index in [2.05, 4.69) is 409 Å². The van der Waals surface area contributed by atoms with Crippen molar-refractivity contribution in [2.75, 3.05) is 0 Å². The molecule has 0 atom stereocenters. The molecule has 674 valence electrons. The van der Waals surface area contributed by atoms with Crippen molar-refractivity contribution in [3.8, 4) is 78.7 Å². The second-order valence-electron chi connectivity index (χ2n) is 36.4. The summed E-state index contributed by atoms with van der Waals surface area (Å²) >= 11 is 0. The maximum Gasteiger partial charge on any atom is 0.164 e. The van der Waals surface area contributed by atoms with Gasteiger partial charge in [0.05, 0.1) is 55.8 Å². The minimum absolute atomic E-state index is 0. The van der Waals surface area contributed by atoms with Crippen molar-refractivity contribution >= 4 is 115 Å². The number of para-hydroxylation sites is 6. The molecular formula is C117H104Ir2N14O2-2. The fraction of sp³-hybridized carbons (Fsp3) is 0.171. The molecule has 0 spiro atoms. The average Bonchev–Trinajstić information content (AvgIpc) is 1.62. The molecular weight excluding hydrogens is 2020 g/mol. The Morgan fingerprint density at radius 2 is 0.674 bits per heavy atom. The van der Waals surface area contributed by atoms with E-state index < -0.39 is 5.41 Å². The van der Waals surface area contributed by atoms with Crippen molar-refractivity contribution in [3.05, 3.63) is 376 Å². The van der Waals surface area contributed by atoms with Crippen LogP contribution in [0.1, 0.15) is 94.5 Å². The summed E-state index contributed by atoms with van der Waals surface area (Å²) in [5, 5.41) is 21.6. The molecule has 0 amide bonds. The van der Waals surface area contributed by atoms with Crippen molar-refractivity contribution < 1.29 is 50.1 Å². The van der Waals surface area contributed by atoms with Crippen molar-refractivity contribution in [2.24, 2.45) is 22.7 Å². The summed E-state index contributed by atoms with van der Waals surface area (Å²) in [4.78, 5) is 57.2. The first kappa shape index (κ1) is 93.7. The molecule has 11 heterocycles. The monoisotopic (exact) mass is 2120 g/mol. The zero-order valence-electron chi connectivity index (χ0n) is 77.7. The van der Waals surface area contributed by atoms with Crippen LogP contribution in [0.25, 0.3) is 188 Å². The molecule has 11 aromatic carbocycles. The van der Waals surface area contributed by atoms with Crippen LogP contribution < -0.4 is 0 Å². The van der Waals surface area contributed by atoms with Gasteiger partial charge in [-0.2, -0.15) is 0 Å². The van der Waals surface area contributed by atoms with Gasteiger partial charge in [0.1, 0.15) is 24.7 Å². The number of rotatable bonds is 15. The second-order valence-corrected chi connectivity index (χ2v) is 36.4. The number of aromatic nitrogens is 14. The van der Waals surface area contributed by atoms with Gasteiger partial charge in [0, 0.05) is 160 Å². The van der Waals surface area contributed by atoms with E-state index in [-0.39, 0.29) is 57.2 Å². The molecule has 0 aliphatic carbocycles. The van der Waals surface area contributed by atoms with E-state index in [0.717, 1.165) is 138 Å². The number of fused-ring (bicyclic) bond motifs is 15. The number of ketones is 1. The summed E-state index contributed by atoms with van der Waals surface area (Å²) in [6.07, 6.45) is 18.3. The van der Waals surface area contributed by atoms with Crippen molar-refractivity contribution in [1.82, 2.24) is 68.1 Å². The van der Waals surface area contributed by atoms with E-state index >= 15 is 0 Å². The molecule has 0 aliphatic heterocycles. The summed E-state index contributed by atoms with van der Waals surface area (Å²) in [5.41, 5.74) is 26.8. The normalized spacial score (nSPS) is 11.6. The van der Waals surface area contributed by atoms with Gasteiger partial charge in [-0.1, -0.05) is 298 Å². The van der Waals surface area contributed by atoms with Crippen LogP contribution in [-0.4, -0.2) is 79.0 Å². The van der Waals surface area contributed by atoms with Crippen LogP contribution in [0.2, 0.25) is 0 Å². The molecule has 0 saturated heterocycles. The fourth-order valence-corrected chi connectivity index (χ4v) is 17.6. The number of benzene rings is 11. The molecule has 0 saturated carbocycles. The van der Waals surface area contributed by atoms with Gasteiger partial charge >= 0.3 is 0 Å². The average molecular weight is 2120 g/mol. The Morgan fingerprint density at radius 1 is 0.341 bits per heavy atom. The Morgan fingerprint density at radius 3 is 1.03 bits per heavy atom. The number of pyridine rings is 4. The van der Waals surface area contributed by atoms with E-state index in [0.29, 0.717) is 11.8 Å². The Balaban J connectivity index is 0.000000128. The number of hydrogen-bond acceptors (Lipinski definition) is 12. The number of allylic oxidation sites excluding steroid dienone is 2. The Bertz CT molecular complexity index is 7530. The number of aryl methyl sites for hydroxylation is 2. The smallest absolute Gasteiger partial charge is 0.164 e. The van der Waals surface area contributed by atoms with Gasteiger partial charge in [-0.3, -0.25) is 24.7 Å². The van der Waals surface area contributed by atoms with Crippen LogP contribution in [0, 0.1) is 35.1 Å². The molecule has 22 aromatic rings. The molecule has 11 aromatic heterocycles. The maximum absolute atomic E-state index is 11.5. The summed E-state index contributed by atoms with van der Waals surface area (Å²) in [6.45, 7) is 26.0. The van der Waals surface area contributed by atoms with E-state index in [1.54, 1.807) is 19.0 Å². The van der Waals surface area contributed by atoms with Crippen LogP contribution in [0.5, 0.6) is 0 Å². The van der Waals surface area contributed by atoms with Crippen molar-refractivity contribution in [2.45, 2.75) is 109 Å². The Kier molecular flexibility index (Phi) is 28.4. The van der Waals surface area contributed by atoms with E-state index in [9.17, 15) is 9.90 Å². The quantitative estimate of drug-likeness (QED) is 0.0444. The molecule has 135 heavy (non-hydrogen) atoms. The SMILES string of the molecule is CC(C)(C)C(=O)C=C(O)C(C)(C)C.CCn1c2ccccc2c2cc(-c3cc(CC(C)C)ncn3)[c-]nc21.CCn1c2ccccc2c2cc(-c3cc(CC(C)C)ncn3)[c-]nc21.[Ir].[Ir].c1cc(-c2cc(-c3cccc(-n4c5ccccc5c5ccccc54)c3)ncn2)cc(-n2c3ccccc3c3ccccc32)c1.c1ccc(-c2ccnc3c2ccc2c(-c4ccccc4)ccnc23)cc1. The van der Waals surface area contributed by atoms with Crippen LogP contribution in [-0.2, 0) is 70.9 Å². The van der Waals surface area contributed by atoms with Crippen molar-refractivity contribution in [1.29, 1.82) is 0 Å². The predicted molar refractivity (Wildman–Crippen MR) is 547 cm³/mol. The second kappa shape index (κ2) is 40.9. The molecule has 16 nitrogen and oxygen atoms in total. The fourth-order valence-electron chi connectivity index (χ4n) is 17.6. The number of hydrogen-bond donors (Lipinski definition) is 1. The van der Waals surface area contributed by atoms with Gasteiger partial charge in [-0.25, -0.2) is 19.9 Å². The topological polar surface area (TPSA) is 186 Å². The van der Waals surface area contributed by atoms with E-state index in [1.165, 1.54) is 93.7 Å². The number of carbonyl (C=O) groups is 1. The van der Waals surface area contributed by atoms with Gasteiger partial charge in [0.15, 0.2) is 5.78 Å². The van der Waals surface area contributed by atoms with Crippen LogP contribution >= 0.6 is 0 Å². The molecule has 0 aliphatic rings. The van der Waals surface area contributed by atoms with Crippen LogP contribution in [0.4, 0.5) is 0 Å². The number of aliphatic hydroxyl groups excluding tert-OH is 1. The maximum atomic E-state index is 11.5. The van der Waals surface area contributed by atoms with Gasteiger partial charge in [-0.15, -0.1) is 23.3 Å². The van der Waals surface area contributed by atoms with E-state index in [4.69, 9.17) is 9.97 Å². The third-order valence-electron chi connectivity index (χ3n) is 24.2. The van der Waals surface area contributed by atoms with Gasteiger partial charge in [-0.05, 0) is 174 Å². The summed E-state index contributed by atoms with van der Waals surface area (Å²) in [5.74, 6) is 1.23. The Hall–Kier alpha value is -14.5. The minimum Gasteiger partial charge on any atom is -0.512 e. The molecule has 1 N–H and O–H groups in total. The van der Waals surface area contributed by atoms with Crippen LogP contribution in [0.15, 0.2) is 353 Å². The summed E-state index contributed by atoms with van der Waals surface area (Å²) in [6, 6.07) is 108. The molecule has 18 heteroatoms. The van der Waals surface area contributed by atoms with Gasteiger partial charge in [0.2, 0.25) is 0 Å². The van der Waals surface area contributed by atoms with Crippen LogP contribution in [0.3, 0.4) is 0 Å². The largest absolute Gasteiger partial charge is 0.512 e. The van der Waals surface area contributed by atoms with Gasteiger partial charge in [0.25, 0.3) is 0 Å².